The molecule has 0 bridgehead atoms. The molecule has 0 spiro atoms. The number of rotatable bonds is 33. The molecule has 3 aliphatic carbocycles. The van der Waals surface area contributed by atoms with Crippen molar-refractivity contribution >= 4 is 140 Å². The van der Waals surface area contributed by atoms with Crippen molar-refractivity contribution in [1.82, 2.24) is 79.3 Å². The summed E-state index contributed by atoms with van der Waals surface area (Å²) in [4.78, 5) is 254. The minimum atomic E-state index is -1.99. The monoisotopic (exact) mass is 1690 g/mol. The lowest BCUT2D eigenvalue weighted by molar-refractivity contribution is -0.142. The van der Waals surface area contributed by atoms with E-state index in [0.717, 1.165) is 97.1 Å². The highest BCUT2D eigenvalue weighted by molar-refractivity contribution is 8.76. The van der Waals surface area contributed by atoms with E-state index in [1.54, 1.807) is 20.1 Å². The number of carboxylic acids is 2. The van der Waals surface area contributed by atoms with Crippen LogP contribution >= 0.6 is 33.3 Å². The number of carbonyl (C=O) groups excluding carboxylic acids is 16. The van der Waals surface area contributed by atoms with Crippen molar-refractivity contribution in [3.05, 3.63) is 0 Å². The molecule has 0 radical (unpaired) electrons. The first-order valence-corrected chi connectivity index (χ1v) is 44.4. The highest BCUT2D eigenvalue weighted by Crippen LogP contribution is 2.39. The number of nitrogens with one attached hydrogen (secondary N) is 14. The molecule has 0 aromatic carbocycles. The molecule has 6 unspecified atom stereocenters. The fraction of sp³-hybridized carbons (Fsp3) is 0.760. The average molecular weight is 1690 g/mol. The van der Waals surface area contributed by atoms with E-state index >= 15 is 33.6 Å². The van der Waals surface area contributed by atoms with Gasteiger partial charge in [0, 0.05) is 43.5 Å². The molecule has 0 aromatic heterocycles. The second kappa shape index (κ2) is 46.5. The molecule has 7 aliphatic rings. The number of amides is 16. The number of likely N-dealkylation sites (tertiary alicyclic amines) is 1. The molecular formula is C75H120N18O20S3. The first-order valence-electron chi connectivity index (χ1n) is 40.5. The summed E-state index contributed by atoms with van der Waals surface area (Å²) in [6.45, 7) is 6.63. The van der Waals surface area contributed by atoms with Crippen molar-refractivity contribution in [3.8, 4) is 0 Å². The van der Waals surface area contributed by atoms with Crippen LogP contribution < -0.4 is 91.6 Å². The SMILES string of the molecule is CSCC[C@H](NC(C)=O)C(=O)N[C@H](C)C(=O)N[C@@H](CC(=O)O)C(=O)N[C@H]1CSSC[C@@H](C(=O)N2CCC[C@H]2C(=O)N[C@@H](CC2CCCCC2)C(=O)N[C@@H](CC(=O)O)C(N)=O)NC(=O)[C@H](CC(N)=O)NC(=O)[C@H](CC2CNC3CCCCC23)NC(=O)[C@H](CCC(N)=O)NC(=O)[C@H](CC(C)C)NC(=O)[C@H](CC2CNC3CCCCC23)NC1=O. The van der Waals surface area contributed by atoms with E-state index in [1.807, 2.05) is 0 Å². The highest BCUT2D eigenvalue weighted by Gasteiger charge is 2.46. The third-order valence-corrected chi connectivity index (χ3v) is 25.9. The lowest BCUT2D eigenvalue weighted by atomic mass is 9.77. The summed E-state index contributed by atoms with van der Waals surface area (Å²) in [5, 5.41) is 58.1. The standard InChI is InChI=1S/C75H120N18O20S3/c1-37(2)26-50-67(105)83-47(21-22-59(76)95)66(104)87-52(28-41-33-79-45-18-11-9-16-43(41)45)70(108)89-54(30-60(77)96)71(109)92-57(75(113)93-24-13-20-58(93)74(112)90-51(27-40-14-7-6-8-15-40)68(106)84-49(63(78)101)31-61(97)98)36-116-115-35-56(73(111)88-53(69(107)86-50)29-42-34-80-46-19-12-10-17-44(42)46)91-72(110)55(32-62(99)100)85-64(102)38(3)81-65(103)48(23-25-114-5)82-39(4)94/h37-38,40-58,79-80H,6-36H2,1-5H3,(H2,76,95)(H2,77,96)(H2,78,101)(H,81,103)(H,82,94)(H,83,105)(H,84,106)(H,85,102)(H,86,107)(H,87,104)(H,88,111)(H,89,108)(H,90,112)(H,91,110)(H,92,109)(H,97,98)(H,99,100)/t38-,41?,42?,43?,44?,45?,46?,47+,48+,49+,50+,51+,52+,53+,54+,55+,56+,57+,58+/m1/s1. The van der Waals surface area contributed by atoms with Gasteiger partial charge >= 0.3 is 11.9 Å². The number of aliphatic carboxylic acids is 2. The van der Waals surface area contributed by atoms with E-state index in [9.17, 15) is 63.0 Å². The second-order valence-corrected chi connectivity index (χ2v) is 35.7. The fourth-order valence-corrected chi connectivity index (χ4v) is 19.6. The quantitative estimate of drug-likeness (QED) is 0.0290. The lowest BCUT2D eigenvalue weighted by Crippen LogP contribution is -2.61. The van der Waals surface area contributed by atoms with Crippen LogP contribution in [-0.4, -0.2) is 255 Å². The maximum absolute atomic E-state index is 15.6. The summed E-state index contributed by atoms with van der Waals surface area (Å²) in [7, 11) is 1.60. The minimum Gasteiger partial charge on any atom is -0.481 e. The van der Waals surface area contributed by atoms with E-state index in [0.29, 0.717) is 31.7 Å². The Balaban J connectivity index is 1.31. The van der Waals surface area contributed by atoms with Crippen LogP contribution in [0.25, 0.3) is 0 Å². The molecular weight excluding hydrogens is 1570 g/mol. The summed E-state index contributed by atoms with van der Waals surface area (Å²) in [5.41, 5.74) is 17.0. The number of fused-ring (bicyclic) bond motifs is 2. The maximum atomic E-state index is 15.6. The molecule has 22 N–H and O–H groups in total. The second-order valence-electron chi connectivity index (χ2n) is 32.2. The Morgan fingerprint density at radius 2 is 1.04 bits per heavy atom. The predicted molar refractivity (Wildman–Crippen MR) is 427 cm³/mol. The Bertz CT molecular complexity index is 3540. The minimum absolute atomic E-state index is 0.0137. The number of carboxylic acid groups (broad SMARTS) is 2. The van der Waals surface area contributed by atoms with Gasteiger partial charge in [-0.05, 0) is 145 Å². The average Bonchev–Trinajstić information content (AvgIpc) is 1.65. The molecule has 648 valence electrons. The van der Waals surface area contributed by atoms with Gasteiger partial charge in [-0.15, -0.1) is 0 Å². The van der Waals surface area contributed by atoms with E-state index in [1.165, 1.54) is 25.6 Å². The van der Waals surface area contributed by atoms with Crippen molar-refractivity contribution in [2.24, 2.45) is 52.7 Å². The predicted octanol–water partition coefficient (Wildman–Crippen LogP) is -3.09. The third kappa shape index (κ3) is 29.5. The van der Waals surface area contributed by atoms with Crippen LogP contribution in [0.3, 0.4) is 0 Å². The normalized spacial score (nSPS) is 28.1. The van der Waals surface area contributed by atoms with E-state index in [2.05, 4.69) is 74.4 Å². The van der Waals surface area contributed by atoms with Crippen molar-refractivity contribution in [1.29, 1.82) is 0 Å². The van der Waals surface area contributed by atoms with Crippen molar-refractivity contribution < 1.29 is 96.5 Å². The summed E-state index contributed by atoms with van der Waals surface area (Å²) in [6.07, 6.45) is 8.82. The van der Waals surface area contributed by atoms with Gasteiger partial charge in [0.05, 0.1) is 19.3 Å². The van der Waals surface area contributed by atoms with Gasteiger partial charge in [-0.25, -0.2) is 0 Å². The van der Waals surface area contributed by atoms with Crippen LogP contribution in [0, 0.1) is 35.5 Å². The van der Waals surface area contributed by atoms with Gasteiger partial charge in [0.25, 0.3) is 0 Å². The first kappa shape index (κ1) is 94.6. The molecule has 4 aliphatic heterocycles. The first-order chi connectivity index (χ1) is 55.1. The van der Waals surface area contributed by atoms with Crippen molar-refractivity contribution in [3.63, 3.8) is 0 Å². The topological polar surface area (TPSA) is 597 Å². The van der Waals surface area contributed by atoms with Gasteiger partial charge in [0.15, 0.2) is 0 Å². The molecule has 38 nitrogen and oxygen atoms in total. The molecule has 4 saturated heterocycles. The Hall–Kier alpha value is -8.57. The van der Waals surface area contributed by atoms with E-state index < -0.39 is 229 Å². The van der Waals surface area contributed by atoms with Gasteiger partial charge in [-0.1, -0.05) is 93.2 Å². The van der Waals surface area contributed by atoms with Gasteiger partial charge in [0.2, 0.25) is 94.5 Å². The van der Waals surface area contributed by atoms with Gasteiger partial charge < -0.3 is 107 Å². The lowest BCUT2D eigenvalue weighted by Gasteiger charge is -2.32. The van der Waals surface area contributed by atoms with Crippen LogP contribution in [0.1, 0.15) is 188 Å². The number of carbonyl (C=O) groups is 18. The zero-order valence-corrected chi connectivity index (χ0v) is 69.1. The molecule has 7 rings (SSSR count). The number of primary amides is 3. The molecule has 7 fully saturated rings. The molecule has 4 heterocycles. The fourth-order valence-electron chi connectivity index (χ4n) is 16.9. The number of thioether (sulfide) groups is 1. The summed E-state index contributed by atoms with van der Waals surface area (Å²) in [5.74, 6) is -20.2. The van der Waals surface area contributed by atoms with Gasteiger partial charge in [-0.3, -0.25) is 86.3 Å². The van der Waals surface area contributed by atoms with Crippen LogP contribution in [0.15, 0.2) is 0 Å². The van der Waals surface area contributed by atoms with Crippen LogP contribution in [0.5, 0.6) is 0 Å². The van der Waals surface area contributed by atoms with Crippen molar-refractivity contribution in [2.75, 3.05) is 43.1 Å². The molecule has 19 atom stereocenters. The molecule has 16 amide bonds. The number of hydrogen-bond donors (Lipinski definition) is 19. The zero-order valence-electron chi connectivity index (χ0n) is 66.7. The van der Waals surface area contributed by atoms with Crippen LogP contribution in [-0.2, 0) is 86.3 Å². The number of nitrogens with two attached hydrogens (primary N) is 3. The van der Waals surface area contributed by atoms with Crippen molar-refractivity contribution in [2.45, 2.75) is 279 Å². The zero-order chi connectivity index (χ0) is 85.0. The molecule has 116 heavy (non-hydrogen) atoms. The maximum Gasteiger partial charge on any atom is 0.305 e. The highest BCUT2D eigenvalue weighted by atomic mass is 33.1. The largest absolute Gasteiger partial charge is 0.481 e. The Kier molecular flexibility index (Phi) is 37.9. The Morgan fingerprint density at radius 3 is 1.61 bits per heavy atom. The number of hydrogen-bond acceptors (Lipinski definition) is 23. The molecule has 3 saturated carbocycles. The van der Waals surface area contributed by atoms with Crippen LogP contribution in [0.2, 0.25) is 0 Å². The molecule has 41 heteroatoms. The van der Waals surface area contributed by atoms with Gasteiger partial charge in [0.1, 0.15) is 78.5 Å². The number of nitrogens with zero attached hydrogens (tertiary/aromatic N) is 1. The summed E-state index contributed by atoms with van der Waals surface area (Å²) in [6, 6.07) is -20.5. The summed E-state index contributed by atoms with van der Waals surface area (Å²) >= 11 is 1.38. The van der Waals surface area contributed by atoms with Crippen LogP contribution in [0.4, 0.5) is 0 Å². The third-order valence-electron chi connectivity index (χ3n) is 22.8. The Morgan fingerprint density at radius 1 is 0.526 bits per heavy atom. The van der Waals surface area contributed by atoms with E-state index in [4.69, 9.17) is 17.2 Å². The van der Waals surface area contributed by atoms with Gasteiger partial charge in [-0.2, -0.15) is 11.8 Å². The molecule has 0 aromatic rings. The Labute approximate surface area is 686 Å². The summed E-state index contributed by atoms with van der Waals surface area (Å²) < 4.78 is 0. The van der Waals surface area contributed by atoms with E-state index in [-0.39, 0.29) is 99.1 Å². The smallest absolute Gasteiger partial charge is 0.305 e.